The van der Waals surface area contributed by atoms with Gasteiger partial charge in [0.1, 0.15) is 30.6 Å². The first-order chi connectivity index (χ1) is 16.6. The maximum absolute atomic E-state index is 12.7. The highest BCUT2D eigenvalue weighted by Gasteiger charge is 2.19. The lowest BCUT2D eigenvalue weighted by Gasteiger charge is -2.10. The van der Waals surface area contributed by atoms with Crippen LogP contribution in [-0.2, 0) is 17.9 Å². The number of carbonyl (C=O) groups is 1. The summed E-state index contributed by atoms with van der Waals surface area (Å²) in [6.07, 6.45) is 0. The lowest BCUT2D eigenvalue weighted by atomic mass is 10.2. The zero-order valence-corrected chi connectivity index (χ0v) is 18.4. The van der Waals surface area contributed by atoms with Crippen molar-refractivity contribution in [3.05, 3.63) is 106 Å². The van der Waals surface area contributed by atoms with Gasteiger partial charge in [-0.25, -0.2) is 14.2 Å². The zero-order chi connectivity index (χ0) is 23.9. The highest BCUT2D eigenvalue weighted by molar-refractivity contribution is 5.86. The van der Waals surface area contributed by atoms with Gasteiger partial charge in [0.05, 0.1) is 23.6 Å². The molecule has 170 valence electrons. The molecule has 2 heterocycles. The third-order valence-corrected chi connectivity index (χ3v) is 5.00. The molecule has 0 saturated heterocycles. The van der Waals surface area contributed by atoms with Gasteiger partial charge in [-0.3, -0.25) is 4.79 Å². The van der Waals surface area contributed by atoms with E-state index in [-0.39, 0.29) is 31.0 Å². The molecule has 0 fully saturated rings. The number of nitriles is 1. The molecule has 0 aliphatic rings. The van der Waals surface area contributed by atoms with E-state index in [1.165, 1.54) is 12.1 Å². The van der Waals surface area contributed by atoms with Crippen molar-refractivity contribution in [2.75, 3.05) is 6.61 Å². The molecule has 4 rings (SSSR count). The SMILES string of the molecule is Cc1nn(-c2ccccc2)c(COC(=O)c2ccc(=O)n(CCOc3ccccc3)n2)c1C#N. The number of hydrogen-bond acceptors (Lipinski definition) is 7. The van der Waals surface area contributed by atoms with Crippen LogP contribution in [0.3, 0.4) is 0 Å². The lowest BCUT2D eigenvalue weighted by molar-refractivity contribution is 0.0454. The quantitative estimate of drug-likeness (QED) is 0.375. The monoisotopic (exact) mass is 455 g/mol. The number of para-hydroxylation sites is 2. The lowest BCUT2D eigenvalue weighted by Crippen LogP contribution is -2.27. The first kappa shape index (κ1) is 22.5. The highest BCUT2D eigenvalue weighted by Crippen LogP contribution is 2.19. The molecule has 0 spiro atoms. The van der Waals surface area contributed by atoms with Crippen molar-refractivity contribution in [2.45, 2.75) is 20.1 Å². The summed E-state index contributed by atoms with van der Waals surface area (Å²) in [4.78, 5) is 24.8. The van der Waals surface area contributed by atoms with Gasteiger partial charge in [-0.05, 0) is 37.3 Å². The van der Waals surface area contributed by atoms with Crippen LogP contribution >= 0.6 is 0 Å². The molecule has 34 heavy (non-hydrogen) atoms. The fraction of sp³-hybridized carbons (Fsp3) is 0.160. The van der Waals surface area contributed by atoms with Gasteiger partial charge in [-0.2, -0.15) is 15.5 Å². The highest BCUT2D eigenvalue weighted by atomic mass is 16.5. The van der Waals surface area contributed by atoms with Crippen LogP contribution in [-0.4, -0.2) is 32.1 Å². The summed E-state index contributed by atoms with van der Waals surface area (Å²) in [7, 11) is 0. The number of rotatable bonds is 8. The van der Waals surface area contributed by atoms with Gasteiger partial charge in [-0.15, -0.1) is 0 Å². The van der Waals surface area contributed by atoms with Crippen LogP contribution in [0.1, 0.15) is 27.4 Å². The normalized spacial score (nSPS) is 10.5. The number of carbonyl (C=O) groups excluding carboxylic acids is 1. The Morgan fingerprint density at radius 1 is 1.00 bits per heavy atom. The standard InChI is InChI=1S/C25H21N5O4/c1-18-21(16-26)23(30(27-18)19-8-4-2-5-9-19)17-34-25(32)22-12-13-24(31)29(28-22)14-15-33-20-10-6-3-7-11-20/h2-13H,14-15,17H2,1H3. The molecular weight excluding hydrogens is 434 g/mol. The molecule has 0 atom stereocenters. The first-order valence-corrected chi connectivity index (χ1v) is 10.5. The molecule has 0 N–H and O–H groups in total. The summed E-state index contributed by atoms with van der Waals surface area (Å²) >= 11 is 0. The van der Waals surface area contributed by atoms with Crippen LogP contribution in [0, 0.1) is 18.3 Å². The predicted molar refractivity (Wildman–Crippen MR) is 123 cm³/mol. The first-order valence-electron chi connectivity index (χ1n) is 10.5. The van der Waals surface area contributed by atoms with Crippen molar-refractivity contribution < 1.29 is 14.3 Å². The van der Waals surface area contributed by atoms with E-state index in [0.29, 0.717) is 22.7 Å². The van der Waals surface area contributed by atoms with E-state index in [1.807, 2.05) is 48.5 Å². The average molecular weight is 455 g/mol. The molecule has 0 aliphatic carbocycles. The number of ether oxygens (including phenoxy) is 2. The van der Waals surface area contributed by atoms with Crippen LogP contribution < -0.4 is 10.3 Å². The second-order valence-corrected chi connectivity index (χ2v) is 7.28. The van der Waals surface area contributed by atoms with Crippen molar-refractivity contribution in [1.29, 1.82) is 5.26 Å². The Hall–Kier alpha value is -4.71. The van der Waals surface area contributed by atoms with Crippen molar-refractivity contribution in [1.82, 2.24) is 19.6 Å². The number of hydrogen-bond donors (Lipinski definition) is 0. The number of benzene rings is 2. The van der Waals surface area contributed by atoms with Gasteiger partial charge in [-0.1, -0.05) is 36.4 Å². The van der Waals surface area contributed by atoms with E-state index in [4.69, 9.17) is 9.47 Å². The van der Waals surface area contributed by atoms with Crippen molar-refractivity contribution in [2.24, 2.45) is 0 Å². The Bertz CT molecular complexity index is 1390. The Morgan fingerprint density at radius 3 is 2.41 bits per heavy atom. The fourth-order valence-electron chi connectivity index (χ4n) is 3.33. The maximum atomic E-state index is 12.7. The number of esters is 1. The van der Waals surface area contributed by atoms with Gasteiger partial charge >= 0.3 is 5.97 Å². The number of aryl methyl sites for hydroxylation is 1. The largest absolute Gasteiger partial charge is 0.492 e. The summed E-state index contributed by atoms with van der Waals surface area (Å²) in [5.41, 5.74) is 1.67. The van der Waals surface area contributed by atoms with E-state index in [9.17, 15) is 14.9 Å². The minimum atomic E-state index is -0.722. The molecule has 9 nitrogen and oxygen atoms in total. The van der Waals surface area contributed by atoms with E-state index >= 15 is 0 Å². The number of aromatic nitrogens is 4. The van der Waals surface area contributed by atoms with Crippen LogP contribution in [0.15, 0.2) is 77.6 Å². The van der Waals surface area contributed by atoms with Gasteiger partial charge < -0.3 is 9.47 Å². The molecule has 0 bridgehead atoms. The Morgan fingerprint density at radius 2 is 1.71 bits per heavy atom. The third kappa shape index (κ3) is 5.02. The summed E-state index contributed by atoms with van der Waals surface area (Å²) < 4.78 is 13.8. The summed E-state index contributed by atoms with van der Waals surface area (Å²) in [5, 5.41) is 18.1. The van der Waals surface area contributed by atoms with Crippen LogP contribution in [0.25, 0.3) is 5.69 Å². The molecule has 4 aromatic rings. The topological polar surface area (TPSA) is 112 Å². The summed E-state index contributed by atoms with van der Waals surface area (Å²) in [6, 6.07) is 23.1. The minimum Gasteiger partial charge on any atom is -0.492 e. The maximum Gasteiger partial charge on any atom is 0.359 e. The average Bonchev–Trinajstić information content (AvgIpc) is 3.19. The molecule has 9 heteroatoms. The molecule has 0 radical (unpaired) electrons. The molecule has 0 saturated carbocycles. The third-order valence-electron chi connectivity index (χ3n) is 5.00. The summed E-state index contributed by atoms with van der Waals surface area (Å²) in [5.74, 6) is -0.0511. The van der Waals surface area contributed by atoms with Gasteiger partial charge in [0.25, 0.3) is 5.56 Å². The second-order valence-electron chi connectivity index (χ2n) is 7.28. The molecule has 0 aliphatic heterocycles. The molecule has 2 aromatic carbocycles. The summed E-state index contributed by atoms with van der Waals surface area (Å²) in [6.45, 7) is 1.90. The fourth-order valence-corrected chi connectivity index (χ4v) is 3.33. The van der Waals surface area contributed by atoms with Gasteiger partial charge in [0.15, 0.2) is 5.69 Å². The van der Waals surface area contributed by atoms with Gasteiger partial charge in [0, 0.05) is 6.07 Å². The van der Waals surface area contributed by atoms with Crippen LogP contribution in [0.2, 0.25) is 0 Å². The Kier molecular flexibility index (Phi) is 6.79. The molecular formula is C25H21N5O4. The number of nitrogens with zero attached hydrogens (tertiary/aromatic N) is 5. The Balaban J connectivity index is 1.47. The smallest absolute Gasteiger partial charge is 0.359 e. The van der Waals surface area contributed by atoms with Crippen molar-refractivity contribution in [3.8, 4) is 17.5 Å². The van der Waals surface area contributed by atoms with E-state index in [2.05, 4.69) is 16.3 Å². The molecule has 2 aromatic heterocycles. The van der Waals surface area contributed by atoms with Crippen molar-refractivity contribution >= 4 is 5.97 Å². The van der Waals surface area contributed by atoms with Gasteiger partial charge in [0.2, 0.25) is 0 Å². The van der Waals surface area contributed by atoms with E-state index in [0.717, 1.165) is 10.4 Å². The van der Waals surface area contributed by atoms with E-state index < -0.39 is 5.97 Å². The molecule has 0 amide bonds. The van der Waals surface area contributed by atoms with E-state index in [1.54, 1.807) is 23.7 Å². The zero-order valence-electron chi connectivity index (χ0n) is 18.4. The van der Waals surface area contributed by atoms with Crippen LogP contribution in [0.5, 0.6) is 5.75 Å². The predicted octanol–water partition coefficient (Wildman–Crippen LogP) is 3.05. The van der Waals surface area contributed by atoms with Crippen molar-refractivity contribution in [3.63, 3.8) is 0 Å². The van der Waals surface area contributed by atoms with Crippen LogP contribution in [0.4, 0.5) is 0 Å². The second kappa shape index (κ2) is 10.3. The Labute approximate surface area is 195 Å². The molecule has 0 unspecified atom stereocenters. The minimum absolute atomic E-state index is 0.0275.